The van der Waals surface area contributed by atoms with Crippen LogP contribution in [0.15, 0.2) is 51.5 Å². The van der Waals surface area contributed by atoms with Crippen LogP contribution in [0.4, 0.5) is 0 Å². The summed E-state index contributed by atoms with van der Waals surface area (Å²) in [5, 5.41) is 7.92. The Morgan fingerprint density at radius 1 is 1.24 bits per heavy atom. The molecule has 0 amide bonds. The Hall–Kier alpha value is -1.59. The maximum atomic E-state index is 5.97. The van der Waals surface area contributed by atoms with Crippen molar-refractivity contribution in [2.24, 2.45) is 0 Å². The predicted octanol–water partition coefficient (Wildman–Crippen LogP) is 4.65. The van der Waals surface area contributed by atoms with E-state index < -0.39 is 0 Å². The fraction of sp³-hybridized carbons (Fsp3) is 0.200. The van der Waals surface area contributed by atoms with Crippen molar-refractivity contribution in [3.8, 4) is 11.3 Å². The molecule has 0 fully saturated rings. The van der Waals surface area contributed by atoms with Crippen molar-refractivity contribution in [3.05, 3.63) is 58.5 Å². The van der Waals surface area contributed by atoms with Crippen molar-refractivity contribution in [3.63, 3.8) is 0 Å². The summed E-state index contributed by atoms with van der Waals surface area (Å²) in [7, 11) is 0. The molecule has 0 saturated heterocycles. The molecule has 2 aromatic heterocycles. The third-order valence-corrected chi connectivity index (χ3v) is 3.82. The molecule has 0 N–H and O–H groups in total. The monoisotopic (exact) mass is 365 g/mol. The second-order valence-electron chi connectivity index (χ2n) is 4.73. The van der Waals surface area contributed by atoms with Gasteiger partial charge in [-0.2, -0.15) is 0 Å². The largest absolute Gasteiger partial charge is 0.459 e. The molecular formula is C15H13BrClN3O. The fourth-order valence-corrected chi connectivity index (χ4v) is 2.33. The number of hydrogen-bond acceptors (Lipinski definition) is 3. The van der Waals surface area contributed by atoms with Gasteiger partial charge in [-0.15, -0.1) is 16.7 Å². The first-order chi connectivity index (χ1) is 10.1. The van der Waals surface area contributed by atoms with E-state index in [0.717, 1.165) is 27.3 Å². The van der Waals surface area contributed by atoms with Gasteiger partial charge in [-0.1, -0.05) is 33.3 Å². The molecule has 0 aliphatic rings. The SMILES string of the molecule is CC(Cl)c1cn(Cc2ccc(-c3ccc(Br)cc3)o2)nn1. The van der Waals surface area contributed by atoms with E-state index in [1.54, 1.807) is 4.68 Å². The number of alkyl halides is 1. The molecule has 1 unspecified atom stereocenters. The highest BCUT2D eigenvalue weighted by Crippen LogP contribution is 2.24. The van der Waals surface area contributed by atoms with E-state index in [4.69, 9.17) is 16.0 Å². The summed E-state index contributed by atoms with van der Waals surface area (Å²) in [4.78, 5) is 0. The molecule has 0 spiro atoms. The van der Waals surface area contributed by atoms with Crippen LogP contribution in [0, 0.1) is 0 Å². The van der Waals surface area contributed by atoms with E-state index in [9.17, 15) is 0 Å². The lowest BCUT2D eigenvalue weighted by atomic mass is 10.2. The molecule has 0 bridgehead atoms. The minimum absolute atomic E-state index is 0.145. The van der Waals surface area contributed by atoms with Crippen LogP contribution in [-0.2, 0) is 6.54 Å². The first kappa shape index (κ1) is 14.4. The summed E-state index contributed by atoms with van der Waals surface area (Å²) in [6.07, 6.45) is 1.83. The molecule has 0 saturated carbocycles. The Kier molecular flexibility index (Phi) is 4.12. The van der Waals surface area contributed by atoms with E-state index in [1.165, 1.54) is 0 Å². The molecule has 21 heavy (non-hydrogen) atoms. The highest BCUT2D eigenvalue weighted by molar-refractivity contribution is 9.10. The summed E-state index contributed by atoms with van der Waals surface area (Å²) in [5.74, 6) is 1.66. The van der Waals surface area contributed by atoms with Crippen LogP contribution in [0.2, 0.25) is 0 Å². The number of aromatic nitrogens is 3. The third kappa shape index (κ3) is 3.36. The zero-order valence-corrected chi connectivity index (χ0v) is 13.7. The maximum Gasteiger partial charge on any atom is 0.134 e. The van der Waals surface area contributed by atoms with Gasteiger partial charge < -0.3 is 4.42 Å². The molecule has 4 nitrogen and oxygen atoms in total. The summed E-state index contributed by atoms with van der Waals surface area (Å²) in [5.41, 5.74) is 1.80. The second-order valence-corrected chi connectivity index (χ2v) is 6.30. The highest BCUT2D eigenvalue weighted by Gasteiger charge is 2.09. The zero-order valence-electron chi connectivity index (χ0n) is 11.3. The lowest BCUT2D eigenvalue weighted by molar-refractivity contribution is 0.485. The van der Waals surface area contributed by atoms with Gasteiger partial charge in [-0.05, 0) is 31.2 Å². The number of benzene rings is 1. The van der Waals surface area contributed by atoms with E-state index >= 15 is 0 Å². The number of furan rings is 1. The van der Waals surface area contributed by atoms with Gasteiger partial charge in [-0.25, -0.2) is 4.68 Å². The standard InChI is InChI=1S/C15H13BrClN3O/c1-10(17)14-9-20(19-18-14)8-13-6-7-15(21-13)11-2-4-12(16)5-3-11/h2-7,9-10H,8H2,1H3. The Labute approximate surface area is 135 Å². The van der Waals surface area contributed by atoms with Gasteiger partial charge in [0.1, 0.15) is 23.8 Å². The van der Waals surface area contributed by atoms with E-state index in [-0.39, 0.29) is 5.38 Å². The summed E-state index contributed by atoms with van der Waals surface area (Å²) >= 11 is 9.39. The third-order valence-electron chi connectivity index (χ3n) is 3.07. The van der Waals surface area contributed by atoms with E-state index in [0.29, 0.717) is 6.54 Å². The molecule has 0 aliphatic carbocycles. The quantitative estimate of drug-likeness (QED) is 0.631. The predicted molar refractivity (Wildman–Crippen MR) is 85.2 cm³/mol. The van der Waals surface area contributed by atoms with Gasteiger partial charge >= 0.3 is 0 Å². The smallest absolute Gasteiger partial charge is 0.134 e. The number of halogens is 2. The van der Waals surface area contributed by atoms with Crippen LogP contribution in [-0.4, -0.2) is 15.0 Å². The van der Waals surface area contributed by atoms with E-state index in [2.05, 4.69) is 26.2 Å². The summed E-state index contributed by atoms with van der Waals surface area (Å²) in [6, 6.07) is 11.9. The number of nitrogens with zero attached hydrogens (tertiary/aromatic N) is 3. The molecule has 1 aromatic carbocycles. The van der Waals surface area contributed by atoms with Crippen molar-refractivity contribution >= 4 is 27.5 Å². The van der Waals surface area contributed by atoms with Crippen molar-refractivity contribution in [2.75, 3.05) is 0 Å². The first-order valence-electron chi connectivity index (χ1n) is 6.50. The van der Waals surface area contributed by atoms with Gasteiger partial charge in [-0.3, -0.25) is 0 Å². The molecule has 3 aromatic rings. The van der Waals surface area contributed by atoms with Crippen LogP contribution >= 0.6 is 27.5 Å². The Morgan fingerprint density at radius 2 is 2.00 bits per heavy atom. The van der Waals surface area contributed by atoms with Gasteiger partial charge in [0.2, 0.25) is 0 Å². The van der Waals surface area contributed by atoms with Gasteiger partial charge in [0.05, 0.1) is 11.6 Å². The van der Waals surface area contributed by atoms with Crippen LogP contribution in [0.5, 0.6) is 0 Å². The topological polar surface area (TPSA) is 43.9 Å². The summed E-state index contributed by atoms with van der Waals surface area (Å²) < 4.78 is 8.61. The minimum Gasteiger partial charge on any atom is -0.459 e. The Balaban J connectivity index is 1.76. The minimum atomic E-state index is -0.145. The van der Waals surface area contributed by atoms with Crippen LogP contribution in [0.1, 0.15) is 23.8 Å². The van der Waals surface area contributed by atoms with Gasteiger partial charge in [0, 0.05) is 10.0 Å². The second kappa shape index (κ2) is 6.03. The van der Waals surface area contributed by atoms with Crippen molar-refractivity contribution < 1.29 is 4.42 Å². The molecule has 0 aliphatic heterocycles. The van der Waals surface area contributed by atoms with E-state index in [1.807, 2.05) is 49.5 Å². The molecule has 0 radical (unpaired) electrons. The molecule has 108 valence electrons. The number of hydrogen-bond donors (Lipinski definition) is 0. The fourth-order valence-electron chi connectivity index (χ4n) is 1.96. The average molecular weight is 367 g/mol. The summed E-state index contributed by atoms with van der Waals surface area (Å²) in [6.45, 7) is 2.40. The molecule has 3 rings (SSSR count). The normalized spacial score (nSPS) is 12.5. The number of rotatable bonds is 4. The maximum absolute atomic E-state index is 5.97. The molecule has 1 atom stereocenters. The Morgan fingerprint density at radius 3 is 2.67 bits per heavy atom. The molecule has 6 heteroatoms. The first-order valence-corrected chi connectivity index (χ1v) is 7.73. The highest BCUT2D eigenvalue weighted by atomic mass is 79.9. The lowest BCUT2D eigenvalue weighted by Crippen LogP contribution is -1.98. The van der Waals surface area contributed by atoms with Crippen molar-refractivity contribution in [1.29, 1.82) is 0 Å². The van der Waals surface area contributed by atoms with Gasteiger partial charge in [0.15, 0.2) is 0 Å². The van der Waals surface area contributed by atoms with Crippen LogP contribution in [0.3, 0.4) is 0 Å². The van der Waals surface area contributed by atoms with Crippen LogP contribution in [0.25, 0.3) is 11.3 Å². The lowest BCUT2D eigenvalue weighted by Gasteiger charge is -1.99. The molecule has 2 heterocycles. The average Bonchev–Trinajstić information content (AvgIpc) is 3.10. The Bertz CT molecular complexity index is 733. The zero-order chi connectivity index (χ0) is 14.8. The van der Waals surface area contributed by atoms with Crippen molar-refractivity contribution in [1.82, 2.24) is 15.0 Å². The van der Waals surface area contributed by atoms with Crippen molar-refractivity contribution in [2.45, 2.75) is 18.8 Å². The molecular weight excluding hydrogens is 354 g/mol. The van der Waals surface area contributed by atoms with Gasteiger partial charge in [0.25, 0.3) is 0 Å². The van der Waals surface area contributed by atoms with Crippen LogP contribution < -0.4 is 0 Å².